The van der Waals surface area contributed by atoms with E-state index in [2.05, 4.69) is 13.8 Å². The van der Waals surface area contributed by atoms with Gasteiger partial charge in [0.25, 0.3) is 5.91 Å². The summed E-state index contributed by atoms with van der Waals surface area (Å²) in [6.45, 7) is 5.01. The van der Waals surface area contributed by atoms with Crippen molar-refractivity contribution in [1.29, 1.82) is 0 Å². The molecule has 98 valence electrons. The first kappa shape index (κ1) is 13.2. The number of carbonyl (C=O) groups is 1. The van der Waals surface area contributed by atoms with E-state index in [1.54, 1.807) is 12.1 Å². The van der Waals surface area contributed by atoms with Crippen molar-refractivity contribution in [3.05, 3.63) is 28.8 Å². The van der Waals surface area contributed by atoms with Crippen molar-refractivity contribution in [2.75, 3.05) is 6.54 Å². The van der Waals surface area contributed by atoms with Gasteiger partial charge in [0, 0.05) is 17.6 Å². The Morgan fingerprint density at radius 1 is 1.50 bits per heavy atom. The Hall–Kier alpha value is -1.22. The van der Waals surface area contributed by atoms with Crippen LogP contribution in [0, 0.1) is 5.92 Å². The predicted octanol–water partition coefficient (Wildman–Crippen LogP) is 3.31. The molecule has 1 atom stereocenters. The molecule has 0 saturated carbocycles. The van der Waals surface area contributed by atoms with E-state index in [1.165, 1.54) is 6.07 Å². The number of benzene rings is 1. The fourth-order valence-electron chi connectivity index (χ4n) is 2.58. The summed E-state index contributed by atoms with van der Waals surface area (Å²) in [6, 6.07) is 4.91. The minimum Gasteiger partial charge on any atom is -0.507 e. The Morgan fingerprint density at radius 3 is 2.83 bits per heavy atom. The monoisotopic (exact) mass is 267 g/mol. The highest BCUT2D eigenvalue weighted by molar-refractivity contribution is 6.30. The average Bonchev–Trinajstić information content (AvgIpc) is 2.77. The highest BCUT2D eigenvalue weighted by atomic mass is 35.5. The van der Waals surface area contributed by atoms with Gasteiger partial charge >= 0.3 is 0 Å². The van der Waals surface area contributed by atoms with E-state index in [0.29, 0.717) is 16.5 Å². The Kier molecular flexibility index (Phi) is 3.81. The van der Waals surface area contributed by atoms with E-state index in [4.69, 9.17) is 11.6 Å². The third-order valence-corrected chi connectivity index (χ3v) is 3.75. The summed E-state index contributed by atoms with van der Waals surface area (Å²) in [5.74, 6) is 0.299. The van der Waals surface area contributed by atoms with Crippen LogP contribution in [0.5, 0.6) is 5.75 Å². The van der Waals surface area contributed by atoms with Crippen LogP contribution in [0.15, 0.2) is 18.2 Å². The topological polar surface area (TPSA) is 40.5 Å². The van der Waals surface area contributed by atoms with Gasteiger partial charge in [0.05, 0.1) is 5.56 Å². The molecule has 1 aliphatic heterocycles. The van der Waals surface area contributed by atoms with Crippen LogP contribution in [0.4, 0.5) is 0 Å². The predicted molar refractivity (Wildman–Crippen MR) is 72.0 cm³/mol. The Labute approximate surface area is 112 Å². The van der Waals surface area contributed by atoms with Crippen molar-refractivity contribution in [3.63, 3.8) is 0 Å². The molecule has 1 aromatic rings. The molecule has 0 radical (unpaired) electrons. The summed E-state index contributed by atoms with van der Waals surface area (Å²) in [6.07, 6.45) is 2.07. The summed E-state index contributed by atoms with van der Waals surface area (Å²) < 4.78 is 0. The highest BCUT2D eigenvalue weighted by Gasteiger charge is 2.32. The molecule has 0 spiro atoms. The van der Waals surface area contributed by atoms with Crippen molar-refractivity contribution in [3.8, 4) is 5.75 Å². The van der Waals surface area contributed by atoms with Crippen LogP contribution >= 0.6 is 11.6 Å². The van der Waals surface area contributed by atoms with Crippen molar-refractivity contribution < 1.29 is 9.90 Å². The number of phenols is 1. The fraction of sp³-hybridized carbons (Fsp3) is 0.500. The molecule has 0 aliphatic carbocycles. The third kappa shape index (κ3) is 2.46. The number of carbonyl (C=O) groups excluding carboxylic acids is 1. The number of aromatic hydroxyl groups is 1. The van der Waals surface area contributed by atoms with Crippen molar-refractivity contribution in [2.24, 2.45) is 5.92 Å². The maximum atomic E-state index is 12.4. The van der Waals surface area contributed by atoms with E-state index in [-0.39, 0.29) is 17.7 Å². The van der Waals surface area contributed by atoms with Crippen molar-refractivity contribution in [1.82, 2.24) is 4.90 Å². The SMILES string of the molecule is CC(C)C1CCCN1C(=O)c1ccc(Cl)cc1O. The molecule has 1 aromatic carbocycles. The summed E-state index contributed by atoms with van der Waals surface area (Å²) in [7, 11) is 0. The number of phenolic OH excluding ortho intramolecular Hbond substituents is 1. The molecule has 1 fully saturated rings. The first-order valence-electron chi connectivity index (χ1n) is 6.30. The molecule has 1 unspecified atom stereocenters. The molecule has 0 bridgehead atoms. The molecule has 1 N–H and O–H groups in total. The number of halogens is 1. The smallest absolute Gasteiger partial charge is 0.257 e. The Bertz CT molecular complexity index is 459. The lowest BCUT2D eigenvalue weighted by molar-refractivity contribution is 0.0698. The van der Waals surface area contributed by atoms with Gasteiger partial charge in [-0.15, -0.1) is 0 Å². The van der Waals surface area contributed by atoms with E-state index in [0.717, 1.165) is 19.4 Å². The standard InChI is InChI=1S/C14H18ClNO2/c1-9(2)12-4-3-7-16(12)14(18)11-6-5-10(15)8-13(11)17/h5-6,8-9,12,17H,3-4,7H2,1-2H3. The molecular weight excluding hydrogens is 250 g/mol. The minimum atomic E-state index is -0.0969. The second-order valence-electron chi connectivity index (χ2n) is 5.11. The van der Waals surface area contributed by atoms with E-state index in [9.17, 15) is 9.90 Å². The van der Waals surface area contributed by atoms with Gasteiger partial charge in [-0.25, -0.2) is 0 Å². The molecule has 3 nitrogen and oxygen atoms in total. The largest absolute Gasteiger partial charge is 0.507 e. The number of amides is 1. The van der Waals surface area contributed by atoms with E-state index in [1.807, 2.05) is 4.90 Å². The summed E-state index contributed by atoms with van der Waals surface area (Å²) >= 11 is 5.78. The number of hydrogen-bond donors (Lipinski definition) is 1. The molecule has 1 heterocycles. The average molecular weight is 268 g/mol. The molecule has 4 heteroatoms. The van der Waals surface area contributed by atoms with Crippen LogP contribution in [0.1, 0.15) is 37.0 Å². The normalized spacial score (nSPS) is 19.6. The van der Waals surface area contributed by atoms with Gasteiger partial charge in [-0.1, -0.05) is 25.4 Å². The molecule has 1 saturated heterocycles. The number of hydrogen-bond acceptors (Lipinski definition) is 2. The Balaban J connectivity index is 2.25. The third-order valence-electron chi connectivity index (χ3n) is 3.52. The van der Waals surface area contributed by atoms with Crippen LogP contribution in [0.2, 0.25) is 5.02 Å². The number of nitrogens with zero attached hydrogens (tertiary/aromatic N) is 1. The van der Waals surface area contributed by atoms with Gasteiger partial charge in [0.2, 0.25) is 0 Å². The lowest BCUT2D eigenvalue weighted by Crippen LogP contribution is -2.38. The summed E-state index contributed by atoms with van der Waals surface area (Å²) in [5, 5.41) is 10.3. The quantitative estimate of drug-likeness (QED) is 0.893. The van der Waals surface area contributed by atoms with Gasteiger partial charge in [0.1, 0.15) is 5.75 Å². The van der Waals surface area contributed by atoms with Gasteiger partial charge < -0.3 is 10.0 Å². The van der Waals surface area contributed by atoms with E-state index < -0.39 is 0 Å². The van der Waals surface area contributed by atoms with Crippen LogP contribution in [0.25, 0.3) is 0 Å². The summed E-state index contributed by atoms with van der Waals surface area (Å²) in [4.78, 5) is 14.3. The van der Waals surface area contributed by atoms with Gasteiger partial charge in [-0.3, -0.25) is 4.79 Å². The van der Waals surface area contributed by atoms with Gasteiger partial charge in [-0.2, -0.15) is 0 Å². The lowest BCUT2D eigenvalue weighted by Gasteiger charge is -2.28. The van der Waals surface area contributed by atoms with Gasteiger partial charge in [-0.05, 0) is 37.0 Å². The maximum absolute atomic E-state index is 12.4. The van der Waals surface area contributed by atoms with Crippen LogP contribution in [0.3, 0.4) is 0 Å². The first-order valence-corrected chi connectivity index (χ1v) is 6.68. The van der Waals surface area contributed by atoms with Crippen LogP contribution in [-0.2, 0) is 0 Å². The van der Waals surface area contributed by atoms with Crippen molar-refractivity contribution in [2.45, 2.75) is 32.7 Å². The molecule has 18 heavy (non-hydrogen) atoms. The van der Waals surface area contributed by atoms with Gasteiger partial charge in [0.15, 0.2) is 0 Å². The number of rotatable bonds is 2. The van der Waals surface area contributed by atoms with Crippen LogP contribution < -0.4 is 0 Å². The second kappa shape index (κ2) is 5.19. The lowest BCUT2D eigenvalue weighted by atomic mass is 10.0. The zero-order valence-electron chi connectivity index (χ0n) is 10.7. The molecule has 2 rings (SSSR count). The zero-order valence-corrected chi connectivity index (χ0v) is 11.4. The van der Waals surface area contributed by atoms with Crippen LogP contribution in [-0.4, -0.2) is 28.5 Å². The molecule has 1 amide bonds. The first-order chi connectivity index (χ1) is 8.50. The zero-order chi connectivity index (χ0) is 13.3. The number of likely N-dealkylation sites (tertiary alicyclic amines) is 1. The minimum absolute atomic E-state index is 0.0399. The second-order valence-corrected chi connectivity index (χ2v) is 5.55. The fourth-order valence-corrected chi connectivity index (χ4v) is 2.74. The maximum Gasteiger partial charge on any atom is 0.257 e. The molecular formula is C14H18ClNO2. The molecule has 0 aromatic heterocycles. The van der Waals surface area contributed by atoms with E-state index >= 15 is 0 Å². The highest BCUT2D eigenvalue weighted by Crippen LogP contribution is 2.29. The molecule has 1 aliphatic rings. The summed E-state index contributed by atoms with van der Waals surface area (Å²) in [5.41, 5.74) is 0.340. The Morgan fingerprint density at radius 2 is 2.22 bits per heavy atom. The van der Waals surface area contributed by atoms with Crippen molar-refractivity contribution >= 4 is 17.5 Å².